The second kappa shape index (κ2) is 10.3. The van der Waals surface area contributed by atoms with Crippen molar-refractivity contribution in [2.24, 2.45) is 0 Å². The third kappa shape index (κ3) is 3.97. The molecular weight excluding hydrogens is 591 g/mol. The largest absolute Gasteiger partial charge is 0.453 e. The van der Waals surface area contributed by atoms with Gasteiger partial charge in [0.15, 0.2) is 5.58 Å². The van der Waals surface area contributed by atoms with Crippen LogP contribution in [0.4, 0.5) is 0 Å². The number of hydrogen-bond acceptors (Lipinski definition) is 2. The van der Waals surface area contributed by atoms with Crippen molar-refractivity contribution < 1.29 is 4.42 Å². The molecule has 0 fully saturated rings. The van der Waals surface area contributed by atoms with Crippen LogP contribution in [0.2, 0.25) is 0 Å². The van der Waals surface area contributed by atoms with Gasteiger partial charge in [0.1, 0.15) is 11.1 Å². The molecule has 0 atom stereocenters. The number of aromatic nitrogens is 1. The minimum Gasteiger partial charge on any atom is -0.453 e. The van der Waals surface area contributed by atoms with E-state index in [1.165, 1.54) is 48.0 Å². The summed E-state index contributed by atoms with van der Waals surface area (Å²) < 4.78 is 11.9. The van der Waals surface area contributed by atoms with Crippen LogP contribution >= 0.6 is 11.3 Å². The summed E-state index contributed by atoms with van der Waals surface area (Å²) >= 11 is 1.87. The van der Waals surface area contributed by atoms with Gasteiger partial charge in [-0.05, 0) is 64.7 Å². The van der Waals surface area contributed by atoms with Crippen molar-refractivity contribution in [3.05, 3.63) is 164 Å². The van der Waals surface area contributed by atoms with Gasteiger partial charge < -0.3 is 8.98 Å². The summed E-state index contributed by atoms with van der Waals surface area (Å²) in [5.41, 5.74) is 12.4. The van der Waals surface area contributed by atoms with E-state index in [1.54, 1.807) is 0 Å². The molecule has 0 N–H and O–H groups in total. The van der Waals surface area contributed by atoms with E-state index in [4.69, 9.17) is 4.42 Å². The highest BCUT2D eigenvalue weighted by atomic mass is 32.1. The number of para-hydroxylation sites is 3. The number of thiophene rings is 1. The molecule has 0 unspecified atom stereocenters. The zero-order valence-electron chi connectivity index (χ0n) is 25.4. The minimum atomic E-state index is 0.913. The van der Waals surface area contributed by atoms with Crippen molar-refractivity contribution in [2.45, 2.75) is 0 Å². The first-order chi connectivity index (χ1) is 23.3. The van der Waals surface area contributed by atoms with Crippen LogP contribution in [0.5, 0.6) is 0 Å². The molecule has 0 saturated carbocycles. The molecule has 10 rings (SSSR count). The van der Waals surface area contributed by atoms with Gasteiger partial charge in [-0.2, -0.15) is 0 Å². The molecule has 0 saturated heterocycles. The molecule has 0 aliphatic heterocycles. The molecule has 2 nitrogen and oxygen atoms in total. The predicted octanol–water partition coefficient (Wildman–Crippen LogP) is 12.9. The summed E-state index contributed by atoms with van der Waals surface area (Å²) in [6.45, 7) is 0. The molecule has 3 heterocycles. The van der Waals surface area contributed by atoms with Gasteiger partial charge in [-0.1, -0.05) is 121 Å². The zero-order valence-corrected chi connectivity index (χ0v) is 26.2. The highest BCUT2D eigenvalue weighted by Gasteiger charge is 2.22. The molecule has 0 aliphatic carbocycles. The molecule has 0 bridgehead atoms. The van der Waals surface area contributed by atoms with Crippen molar-refractivity contribution >= 4 is 64.5 Å². The predicted molar refractivity (Wildman–Crippen MR) is 200 cm³/mol. The molecule has 0 radical (unpaired) electrons. The fraction of sp³-hybridized carbons (Fsp3) is 0. The Labute approximate surface area is 275 Å². The van der Waals surface area contributed by atoms with E-state index in [0.29, 0.717) is 0 Å². The van der Waals surface area contributed by atoms with Gasteiger partial charge in [-0.15, -0.1) is 11.3 Å². The SMILES string of the molecule is c1ccc(-c2ccc3sc4c(-c5ccccc5-c5cccc6c5oc5c7ccccc7n(-c7ccccc7)c65)cccc4c3c2)cc1. The Hall–Kier alpha value is -5.90. The van der Waals surface area contributed by atoms with Crippen molar-refractivity contribution in [1.29, 1.82) is 0 Å². The quantitative estimate of drug-likeness (QED) is 0.192. The maximum Gasteiger partial charge on any atom is 0.161 e. The second-order valence-electron chi connectivity index (χ2n) is 12.1. The average molecular weight is 618 g/mol. The number of benzene rings is 7. The van der Waals surface area contributed by atoms with Crippen LogP contribution in [0.3, 0.4) is 0 Å². The van der Waals surface area contributed by atoms with E-state index in [0.717, 1.165) is 44.2 Å². The van der Waals surface area contributed by atoms with Crippen LogP contribution in [-0.2, 0) is 0 Å². The third-order valence-corrected chi connectivity index (χ3v) is 10.6. The van der Waals surface area contributed by atoms with E-state index in [9.17, 15) is 0 Å². The number of fused-ring (bicyclic) bond motifs is 8. The summed E-state index contributed by atoms with van der Waals surface area (Å²) in [6, 6.07) is 58.7. The number of furan rings is 1. The summed E-state index contributed by atoms with van der Waals surface area (Å²) in [7, 11) is 0. The fourth-order valence-electron chi connectivity index (χ4n) is 7.32. The highest BCUT2D eigenvalue weighted by molar-refractivity contribution is 7.26. The van der Waals surface area contributed by atoms with Crippen LogP contribution in [0.1, 0.15) is 0 Å². The molecular formula is C44H27NOS. The lowest BCUT2D eigenvalue weighted by Crippen LogP contribution is -1.93. The summed E-state index contributed by atoms with van der Waals surface area (Å²) in [5, 5.41) is 4.82. The molecule has 0 aliphatic rings. The highest BCUT2D eigenvalue weighted by Crippen LogP contribution is 2.46. The molecule has 47 heavy (non-hydrogen) atoms. The number of rotatable bonds is 4. The lowest BCUT2D eigenvalue weighted by atomic mass is 9.93. The van der Waals surface area contributed by atoms with E-state index < -0.39 is 0 Å². The smallest absolute Gasteiger partial charge is 0.161 e. The van der Waals surface area contributed by atoms with Crippen LogP contribution in [0.15, 0.2) is 168 Å². The van der Waals surface area contributed by atoms with Crippen LogP contribution in [-0.4, -0.2) is 4.57 Å². The standard InChI is InChI=1S/C44H27NOS/c1-3-13-28(14-4-1)29-25-26-40-38(27-29)35-22-12-21-34(44(35)47-40)32-18-8-7-17-31(32)33-20-11-23-37-41-43(46-42(33)37)36-19-9-10-24-39(36)45(41)30-15-5-2-6-16-30/h1-27H. The van der Waals surface area contributed by atoms with Crippen molar-refractivity contribution in [2.75, 3.05) is 0 Å². The third-order valence-electron chi connectivity index (χ3n) is 9.43. The van der Waals surface area contributed by atoms with Crippen LogP contribution in [0, 0.1) is 0 Å². The Balaban J connectivity index is 1.20. The minimum absolute atomic E-state index is 0.913. The molecule has 10 aromatic rings. The fourth-order valence-corrected chi connectivity index (χ4v) is 8.53. The molecule has 3 aromatic heterocycles. The number of hydrogen-bond donors (Lipinski definition) is 0. The topological polar surface area (TPSA) is 18.1 Å². The Kier molecular flexibility index (Phi) is 5.78. The molecule has 0 amide bonds. The first kappa shape index (κ1) is 26.3. The van der Waals surface area contributed by atoms with Crippen molar-refractivity contribution in [1.82, 2.24) is 4.57 Å². The van der Waals surface area contributed by atoms with Crippen molar-refractivity contribution in [3.63, 3.8) is 0 Å². The average Bonchev–Trinajstić information content (AvgIpc) is 3.81. The van der Waals surface area contributed by atoms with E-state index in [2.05, 4.69) is 168 Å². The molecule has 3 heteroatoms. The van der Waals surface area contributed by atoms with Crippen LogP contribution < -0.4 is 0 Å². The Morgan fingerprint density at radius 3 is 1.89 bits per heavy atom. The lowest BCUT2D eigenvalue weighted by molar-refractivity contribution is 0.674. The van der Waals surface area contributed by atoms with Gasteiger partial charge >= 0.3 is 0 Å². The van der Waals surface area contributed by atoms with Gasteiger partial charge in [0.2, 0.25) is 0 Å². The monoisotopic (exact) mass is 617 g/mol. The van der Waals surface area contributed by atoms with Crippen LogP contribution in [0.25, 0.3) is 92.2 Å². The summed E-state index contributed by atoms with van der Waals surface area (Å²) in [4.78, 5) is 0. The van der Waals surface area contributed by atoms with Gasteiger partial charge in [0, 0.05) is 47.8 Å². The maximum absolute atomic E-state index is 6.92. The van der Waals surface area contributed by atoms with Gasteiger partial charge in [-0.3, -0.25) is 0 Å². The first-order valence-electron chi connectivity index (χ1n) is 15.9. The van der Waals surface area contributed by atoms with Gasteiger partial charge in [0.25, 0.3) is 0 Å². The Morgan fingerprint density at radius 1 is 0.426 bits per heavy atom. The molecule has 0 spiro atoms. The molecule has 7 aromatic carbocycles. The van der Waals surface area contributed by atoms with E-state index >= 15 is 0 Å². The Morgan fingerprint density at radius 2 is 1.06 bits per heavy atom. The Bertz CT molecular complexity index is 2780. The first-order valence-corrected chi connectivity index (χ1v) is 16.8. The van der Waals surface area contributed by atoms with E-state index in [1.807, 2.05) is 11.3 Å². The normalized spacial score (nSPS) is 11.8. The summed E-state index contributed by atoms with van der Waals surface area (Å²) in [6.07, 6.45) is 0. The van der Waals surface area contributed by atoms with E-state index in [-0.39, 0.29) is 0 Å². The molecule has 220 valence electrons. The lowest BCUT2D eigenvalue weighted by Gasteiger charge is -2.12. The van der Waals surface area contributed by atoms with Crippen molar-refractivity contribution in [3.8, 4) is 39.1 Å². The second-order valence-corrected chi connectivity index (χ2v) is 13.1. The zero-order chi connectivity index (χ0) is 30.9. The summed E-state index contributed by atoms with van der Waals surface area (Å²) in [5.74, 6) is 0. The number of nitrogens with zero attached hydrogens (tertiary/aromatic N) is 1. The van der Waals surface area contributed by atoms with Gasteiger partial charge in [-0.25, -0.2) is 0 Å². The maximum atomic E-state index is 6.92. The van der Waals surface area contributed by atoms with Gasteiger partial charge in [0.05, 0.1) is 5.52 Å².